The van der Waals surface area contributed by atoms with Gasteiger partial charge in [-0.25, -0.2) is 9.18 Å². The molecule has 0 unspecified atom stereocenters. The van der Waals surface area contributed by atoms with Gasteiger partial charge in [-0.15, -0.1) is 0 Å². The molecule has 0 fully saturated rings. The fourth-order valence-electron chi connectivity index (χ4n) is 1.83. The van der Waals surface area contributed by atoms with Crippen LogP contribution in [0, 0.1) is 5.82 Å². The number of carboxylic acid groups (broad SMARTS) is 1. The van der Waals surface area contributed by atoms with E-state index in [4.69, 9.17) is 15.9 Å². The standard InChI is InChI=1S/C13H19FN2O3/c1-16(5-3-2-4-6-17)12-8-10(14)9(13(18)19)7-11(12)15/h7-8,17H,2-6,15H2,1H3,(H,18,19). The zero-order valence-electron chi connectivity index (χ0n) is 10.9. The molecule has 4 N–H and O–H groups in total. The number of benzene rings is 1. The van der Waals surface area contributed by atoms with Crippen molar-refractivity contribution in [3.8, 4) is 0 Å². The van der Waals surface area contributed by atoms with Crippen molar-refractivity contribution in [1.82, 2.24) is 0 Å². The lowest BCUT2D eigenvalue weighted by molar-refractivity contribution is 0.0692. The Labute approximate surface area is 111 Å². The predicted molar refractivity (Wildman–Crippen MR) is 72.0 cm³/mol. The molecule has 1 rings (SSSR count). The maximum absolute atomic E-state index is 13.6. The Kier molecular flexibility index (Phi) is 5.57. The smallest absolute Gasteiger partial charge is 0.338 e. The molecule has 0 aromatic heterocycles. The first-order chi connectivity index (χ1) is 8.97. The highest BCUT2D eigenvalue weighted by Gasteiger charge is 2.15. The Morgan fingerprint density at radius 1 is 1.37 bits per heavy atom. The summed E-state index contributed by atoms with van der Waals surface area (Å²) in [6.07, 6.45) is 2.45. The molecule has 1 aromatic rings. The van der Waals surface area contributed by atoms with Crippen LogP contribution in [0.4, 0.5) is 15.8 Å². The lowest BCUT2D eigenvalue weighted by Crippen LogP contribution is -2.20. The zero-order valence-corrected chi connectivity index (χ0v) is 10.9. The third-order valence-electron chi connectivity index (χ3n) is 2.91. The van der Waals surface area contributed by atoms with Crippen LogP contribution in [0.15, 0.2) is 12.1 Å². The van der Waals surface area contributed by atoms with Crippen LogP contribution < -0.4 is 10.6 Å². The molecule has 0 heterocycles. The minimum absolute atomic E-state index is 0.161. The first-order valence-corrected chi connectivity index (χ1v) is 6.11. The van der Waals surface area contributed by atoms with Crippen LogP contribution in [0.5, 0.6) is 0 Å². The van der Waals surface area contributed by atoms with Gasteiger partial charge in [0.2, 0.25) is 0 Å². The van der Waals surface area contributed by atoms with Crippen molar-refractivity contribution in [2.75, 3.05) is 30.8 Å². The summed E-state index contributed by atoms with van der Waals surface area (Å²) < 4.78 is 13.6. The summed E-state index contributed by atoms with van der Waals surface area (Å²) in [4.78, 5) is 12.5. The molecule has 0 atom stereocenters. The van der Waals surface area contributed by atoms with Gasteiger partial charge in [-0.2, -0.15) is 0 Å². The van der Waals surface area contributed by atoms with E-state index in [1.807, 2.05) is 0 Å². The molecule has 0 saturated heterocycles. The molecule has 1 aromatic carbocycles. The molecule has 106 valence electrons. The van der Waals surface area contributed by atoms with Crippen LogP contribution in [-0.4, -0.2) is 36.4 Å². The largest absolute Gasteiger partial charge is 0.478 e. The number of aliphatic hydroxyl groups is 1. The van der Waals surface area contributed by atoms with Gasteiger partial charge in [0.25, 0.3) is 0 Å². The fourth-order valence-corrected chi connectivity index (χ4v) is 1.83. The highest BCUT2D eigenvalue weighted by molar-refractivity contribution is 5.90. The van der Waals surface area contributed by atoms with E-state index < -0.39 is 17.3 Å². The molecule has 0 spiro atoms. The van der Waals surface area contributed by atoms with Crippen molar-refractivity contribution in [3.63, 3.8) is 0 Å². The van der Waals surface area contributed by atoms with E-state index in [0.29, 0.717) is 12.2 Å². The first-order valence-electron chi connectivity index (χ1n) is 6.11. The molecule has 0 aliphatic carbocycles. The molecule has 6 heteroatoms. The number of hydrogen-bond donors (Lipinski definition) is 3. The van der Waals surface area contributed by atoms with E-state index in [2.05, 4.69) is 0 Å². The van der Waals surface area contributed by atoms with E-state index in [-0.39, 0.29) is 12.3 Å². The number of nitrogens with two attached hydrogens (primary N) is 1. The van der Waals surface area contributed by atoms with Crippen molar-refractivity contribution in [3.05, 3.63) is 23.5 Å². The first kappa shape index (κ1) is 15.2. The van der Waals surface area contributed by atoms with Gasteiger partial charge < -0.3 is 20.8 Å². The molecular formula is C13H19FN2O3. The van der Waals surface area contributed by atoms with Crippen molar-refractivity contribution in [2.24, 2.45) is 0 Å². The summed E-state index contributed by atoms with van der Waals surface area (Å²) in [6.45, 7) is 0.823. The number of hydrogen-bond acceptors (Lipinski definition) is 4. The molecule has 19 heavy (non-hydrogen) atoms. The molecule has 0 bridgehead atoms. The number of nitrogens with zero attached hydrogens (tertiary/aromatic N) is 1. The van der Waals surface area contributed by atoms with Crippen molar-refractivity contribution < 1.29 is 19.4 Å². The average molecular weight is 270 g/mol. The van der Waals surface area contributed by atoms with Gasteiger partial charge in [-0.3, -0.25) is 0 Å². The Hall–Kier alpha value is -1.82. The number of nitrogen functional groups attached to an aromatic ring is 1. The van der Waals surface area contributed by atoms with E-state index in [9.17, 15) is 9.18 Å². The molecule has 0 amide bonds. The van der Waals surface area contributed by atoms with Crippen molar-refractivity contribution >= 4 is 17.3 Å². The van der Waals surface area contributed by atoms with Crippen LogP contribution in [0.3, 0.4) is 0 Å². The summed E-state index contributed by atoms with van der Waals surface area (Å²) in [5.41, 5.74) is 6.04. The highest BCUT2D eigenvalue weighted by Crippen LogP contribution is 2.26. The summed E-state index contributed by atoms with van der Waals surface area (Å²) in [6, 6.07) is 2.28. The predicted octanol–water partition coefficient (Wildman–Crippen LogP) is 1.70. The van der Waals surface area contributed by atoms with Crippen LogP contribution in [-0.2, 0) is 0 Å². The summed E-state index contributed by atoms with van der Waals surface area (Å²) in [5.74, 6) is -2.12. The molecule has 5 nitrogen and oxygen atoms in total. The number of anilines is 2. The summed E-state index contributed by atoms with van der Waals surface area (Å²) in [5, 5.41) is 17.5. The van der Waals surface area contributed by atoms with Gasteiger partial charge in [0, 0.05) is 26.3 Å². The molecule has 0 aliphatic heterocycles. The third-order valence-corrected chi connectivity index (χ3v) is 2.91. The zero-order chi connectivity index (χ0) is 14.4. The van der Waals surface area contributed by atoms with E-state index in [1.54, 1.807) is 11.9 Å². The molecular weight excluding hydrogens is 251 g/mol. The Morgan fingerprint density at radius 2 is 2.05 bits per heavy atom. The second-order valence-electron chi connectivity index (χ2n) is 4.40. The Bertz CT molecular complexity index is 452. The quantitative estimate of drug-likeness (QED) is 0.518. The number of aliphatic hydroxyl groups excluding tert-OH is 1. The SMILES string of the molecule is CN(CCCCCO)c1cc(F)c(C(=O)O)cc1N. The molecule has 0 radical (unpaired) electrons. The third kappa shape index (κ3) is 4.10. The topological polar surface area (TPSA) is 86.8 Å². The van der Waals surface area contributed by atoms with E-state index >= 15 is 0 Å². The number of rotatable bonds is 7. The number of carboxylic acids is 1. The number of aromatic carboxylic acids is 1. The van der Waals surface area contributed by atoms with Gasteiger partial charge in [-0.05, 0) is 25.3 Å². The molecule has 0 aliphatic rings. The maximum Gasteiger partial charge on any atom is 0.338 e. The minimum Gasteiger partial charge on any atom is -0.478 e. The number of unbranched alkanes of at least 4 members (excludes halogenated alkanes) is 2. The van der Waals surface area contributed by atoms with Crippen molar-refractivity contribution in [2.45, 2.75) is 19.3 Å². The van der Waals surface area contributed by atoms with Gasteiger partial charge in [-0.1, -0.05) is 0 Å². The average Bonchev–Trinajstić information content (AvgIpc) is 2.36. The number of halogens is 1. The van der Waals surface area contributed by atoms with E-state index in [0.717, 1.165) is 31.4 Å². The second kappa shape index (κ2) is 6.94. The minimum atomic E-state index is -1.33. The summed E-state index contributed by atoms with van der Waals surface area (Å²) >= 11 is 0. The normalized spacial score (nSPS) is 10.5. The number of carbonyl (C=O) groups is 1. The van der Waals surface area contributed by atoms with Crippen LogP contribution in [0.1, 0.15) is 29.6 Å². The van der Waals surface area contributed by atoms with Gasteiger partial charge in [0.05, 0.1) is 16.9 Å². The van der Waals surface area contributed by atoms with Gasteiger partial charge in [0.1, 0.15) is 5.82 Å². The Balaban J connectivity index is 2.77. The maximum atomic E-state index is 13.6. The summed E-state index contributed by atoms with van der Waals surface area (Å²) in [7, 11) is 1.77. The Morgan fingerprint density at radius 3 is 2.63 bits per heavy atom. The van der Waals surface area contributed by atoms with Crippen molar-refractivity contribution in [1.29, 1.82) is 0 Å². The van der Waals surface area contributed by atoms with Crippen LogP contribution >= 0.6 is 0 Å². The van der Waals surface area contributed by atoms with Crippen LogP contribution in [0.2, 0.25) is 0 Å². The van der Waals surface area contributed by atoms with E-state index in [1.165, 1.54) is 0 Å². The highest BCUT2D eigenvalue weighted by atomic mass is 19.1. The fraction of sp³-hybridized carbons (Fsp3) is 0.462. The van der Waals surface area contributed by atoms with Gasteiger partial charge in [0.15, 0.2) is 0 Å². The molecule has 0 saturated carbocycles. The lowest BCUT2D eigenvalue weighted by atomic mass is 10.1. The van der Waals surface area contributed by atoms with Crippen LogP contribution in [0.25, 0.3) is 0 Å². The van der Waals surface area contributed by atoms with Gasteiger partial charge >= 0.3 is 5.97 Å². The lowest BCUT2D eigenvalue weighted by Gasteiger charge is -2.21. The monoisotopic (exact) mass is 270 g/mol. The second-order valence-corrected chi connectivity index (χ2v) is 4.40.